The van der Waals surface area contributed by atoms with Gasteiger partial charge in [-0.25, -0.2) is 0 Å². The predicted octanol–water partition coefficient (Wildman–Crippen LogP) is 3.97. The molecule has 0 fully saturated rings. The Kier molecular flexibility index (Phi) is 4.02. The fourth-order valence-electron chi connectivity index (χ4n) is 2.64. The first-order valence-corrected chi connectivity index (χ1v) is 9.18. The molecular formula is C18H14N2O2S2. The topological polar surface area (TPSA) is 62.2 Å². The number of nitrogens with one attached hydrogen (secondary N) is 1. The second-order valence-corrected chi connectivity index (χ2v) is 7.43. The van der Waals surface area contributed by atoms with Gasteiger partial charge in [0.15, 0.2) is 0 Å². The number of benzene rings is 1. The number of aliphatic hydroxyl groups is 1. The maximum atomic E-state index is 12.3. The van der Waals surface area contributed by atoms with Crippen LogP contribution in [0.3, 0.4) is 0 Å². The fraction of sp³-hybridized carbons (Fsp3) is 0.111. The Balaban J connectivity index is 1.48. The number of carbonyl (C=O) groups excluding carboxylic acids is 1. The number of amides is 1. The lowest BCUT2D eigenvalue weighted by Crippen LogP contribution is -2.27. The molecule has 0 radical (unpaired) electrons. The third kappa shape index (κ3) is 2.80. The molecule has 4 aromatic rings. The summed E-state index contributed by atoms with van der Waals surface area (Å²) in [4.78, 5) is 17.0. The molecule has 0 spiro atoms. The van der Waals surface area contributed by atoms with E-state index in [0.717, 1.165) is 25.7 Å². The Morgan fingerprint density at radius 2 is 2.12 bits per heavy atom. The number of hydrogen-bond acceptors (Lipinski definition) is 5. The van der Waals surface area contributed by atoms with Gasteiger partial charge in [0.05, 0.1) is 15.7 Å². The molecule has 24 heavy (non-hydrogen) atoms. The smallest absolute Gasteiger partial charge is 0.261 e. The Hall–Kier alpha value is -2.28. The second-order valence-electron chi connectivity index (χ2n) is 5.44. The number of aliphatic hydroxyl groups excluding tert-OH is 1. The van der Waals surface area contributed by atoms with Crippen LogP contribution in [-0.4, -0.2) is 22.5 Å². The van der Waals surface area contributed by atoms with Crippen LogP contribution in [0.2, 0.25) is 0 Å². The van der Waals surface area contributed by atoms with E-state index >= 15 is 0 Å². The van der Waals surface area contributed by atoms with Crippen molar-refractivity contribution >= 4 is 48.8 Å². The van der Waals surface area contributed by atoms with Crippen molar-refractivity contribution in [2.45, 2.75) is 6.10 Å². The summed E-state index contributed by atoms with van der Waals surface area (Å²) in [6, 6.07) is 11.7. The minimum atomic E-state index is -0.721. The van der Waals surface area contributed by atoms with Gasteiger partial charge < -0.3 is 10.4 Å². The van der Waals surface area contributed by atoms with Crippen molar-refractivity contribution in [3.05, 3.63) is 64.6 Å². The molecule has 0 aliphatic heterocycles. The molecule has 120 valence electrons. The number of carbonyl (C=O) groups is 1. The Morgan fingerprint density at radius 1 is 1.25 bits per heavy atom. The number of thiophene rings is 2. The lowest BCUT2D eigenvalue weighted by molar-refractivity contribution is 0.0921. The number of nitrogens with zero attached hydrogens (tertiary/aromatic N) is 1. The number of fused-ring (bicyclic) bond motifs is 2. The van der Waals surface area contributed by atoms with E-state index in [1.165, 1.54) is 11.3 Å². The minimum Gasteiger partial charge on any atom is -0.387 e. The average molecular weight is 354 g/mol. The van der Waals surface area contributed by atoms with Crippen molar-refractivity contribution in [2.24, 2.45) is 0 Å². The zero-order valence-corrected chi connectivity index (χ0v) is 14.2. The lowest BCUT2D eigenvalue weighted by Gasteiger charge is -2.11. The molecule has 4 nitrogen and oxygen atoms in total. The number of pyridine rings is 1. The van der Waals surface area contributed by atoms with Crippen LogP contribution >= 0.6 is 22.7 Å². The highest BCUT2D eigenvalue weighted by Gasteiger charge is 2.16. The quantitative estimate of drug-likeness (QED) is 0.583. The van der Waals surface area contributed by atoms with Crippen LogP contribution in [0.25, 0.3) is 20.2 Å². The van der Waals surface area contributed by atoms with Crippen LogP contribution in [0.1, 0.15) is 21.3 Å². The molecule has 1 aromatic carbocycles. The summed E-state index contributed by atoms with van der Waals surface area (Å²) in [7, 11) is 0. The van der Waals surface area contributed by atoms with Gasteiger partial charge in [-0.15, -0.1) is 22.7 Å². The molecule has 0 aliphatic rings. The summed E-state index contributed by atoms with van der Waals surface area (Å²) in [6.07, 6.45) is 2.74. The van der Waals surface area contributed by atoms with E-state index in [0.29, 0.717) is 4.88 Å². The highest BCUT2D eigenvalue weighted by atomic mass is 32.1. The van der Waals surface area contributed by atoms with Crippen molar-refractivity contribution in [3.8, 4) is 0 Å². The molecule has 1 unspecified atom stereocenters. The minimum absolute atomic E-state index is 0.171. The van der Waals surface area contributed by atoms with Crippen LogP contribution in [0.4, 0.5) is 0 Å². The fourth-order valence-corrected chi connectivity index (χ4v) is 4.59. The van der Waals surface area contributed by atoms with Gasteiger partial charge in [0.2, 0.25) is 0 Å². The van der Waals surface area contributed by atoms with E-state index in [4.69, 9.17) is 0 Å². The zero-order valence-electron chi connectivity index (χ0n) is 12.6. The van der Waals surface area contributed by atoms with Crippen LogP contribution in [0.5, 0.6) is 0 Å². The average Bonchev–Trinajstić information content (AvgIpc) is 3.23. The summed E-state index contributed by atoms with van der Waals surface area (Å²) in [5.74, 6) is -0.171. The third-order valence-electron chi connectivity index (χ3n) is 3.87. The second kappa shape index (κ2) is 6.32. The van der Waals surface area contributed by atoms with Gasteiger partial charge in [-0.2, -0.15) is 0 Å². The summed E-state index contributed by atoms with van der Waals surface area (Å²) in [5.41, 5.74) is 0.858. The maximum absolute atomic E-state index is 12.3. The lowest BCUT2D eigenvalue weighted by atomic mass is 10.1. The number of hydrogen-bond donors (Lipinski definition) is 2. The molecule has 0 bridgehead atoms. The molecule has 6 heteroatoms. The Labute approximate surface area is 146 Å². The van der Waals surface area contributed by atoms with Crippen molar-refractivity contribution in [2.75, 3.05) is 6.54 Å². The summed E-state index contributed by atoms with van der Waals surface area (Å²) >= 11 is 3.00. The normalized spacial score (nSPS) is 12.5. The van der Waals surface area contributed by atoms with E-state index in [1.807, 2.05) is 41.8 Å². The molecule has 4 rings (SSSR count). The molecule has 3 aromatic heterocycles. The van der Waals surface area contributed by atoms with Gasteiger partial charge in [0.25, 0.3) is 5.91 Å². The monoisotopic (exact) mass is 354 g/mol. The van der Waals surface area contributed by atoms with Crippen molar-refractivity contribution in [1.29, 1.82) is 0 Å². The highest BCUT2D eigenvalue weighted by molar-refractivity contribution is 7.20. The van der Waals surface area contributed by atoms with Gasteiger partial charge in [-0.05, 0) is 34.4 Å². The Bertz CT molecular complexity index is 989. The van der Waals surface area contributed by atoms with Crippen LogP contribution in [0, 0.1) is 0 Å². The molecule has 1 amide bonds. The first-order valence-electron chi connectivity index (χ1n) is 7.48. The highest BCUT2D eigenvalue weighted by Crippen LogP contribution is 2.30. The summed E-state index contributed by atoms with van der Waals surface area (Å²) < 4.78 is 2.11. The molecule has 0 saturated carbocycles. The maximum Gasteiger partial charge on any atom is 0.261 e. The largest absolute Gasteiger partial charge is 0.387 e. The first-order chi connectivity index (χ1) is 11.7. The third-order valence-corrected chi connectivity index (χ3v) is 5.94. The summed E-state index contributed by atoms with van der Waals surface area (Å²) in [6.45, 7) is 0.187. The van der Waals surface area contributed by atoms with Crippen LogP contribution < -0.4 is 5.32 Å². The SMILES string of the molecule is O=C(NCC(O)c1csc2ccccc12)c1cc2ccncc2s1. The molecule has 0 saturated heterocycles. The van der Waals surface area contributed by atoms with Crippen LogP contribution in [0.15, 0.2) is 54.2 Å². The number of rotatable bonds is 4. The van der Waals surface area contributed by atoms with E-state index in [-0.39, 0.29) is 12.5 Å². The van der Waals surface area contributed by atoms with E-state index in [1.54, 1.807) is 23.7 Å². The van der Waals surface area contributed by atoms with Crippen molar-refractivity contribution in [3.63, 3.8) is 0 Å². The molecule has 0 aliphatic carbocycles. The molecular weight excluding hydrogens is 340 g/mol. The van der Waals surface area contributed by atoms with E-state index in [9.17, 15) is 9.90 Å². The molecule has 3 heterocycles. The van der Waals surface area contributed by atoms with Gasteiger partial charge >= 0.3 is 0 Å². The standard InChI is InChI=1S/C18H14N2O2S2/c21-14(13-10-23-15-4-2-1-3-12(13)15)8-20-18(22)16-7-11-5-6-19-9-17(11)24-16/h1-7,9-10,14,21H,8H2,(H,20,22). The zero-order chi connectivity index (χ0) is 16.5. The van der Waals surface area contributed by atoms with Crippen molar-refractivity contribution in [1.82, 2.24) is 10.3 Å². The first kappa shape index (κ1) is 15.3. The van der Waals surface area contributed by atoms with E-state index in [2.05, 4.69) is 10.3 Å². The Morgan fingerprint density at radius 3 is 3.00 bits per heavy atom. The van der Waals surface area contributed by atoms with Crippen molar-refractivity contribution < 1.29 is 9.90 Å². The van der Waals surface area contributed by atoms with Gasteiger partial charge in [-0.1, -0.05) is 18.2 Å². The van der Waals surface area contributed by atoms with Gasteiger partial charge in [-0.3, -0.25) is 9.78 Å². The van der Waals surface area contributed by atoms with Gasteiger partial charge in [0, 0.05) is 29.2 Å². The van der Waals surface area contributed by atoms with Gasteiger partial charge in [0.1, 0.15) is 0 Å². The molecule has 1 atom stereocenters. The summed E-state index contributed by atoms with van der Waals surface area (Å²) in [5, 5.41) is 17.2. The molecule has 2 N–H and O–H groups in total. The predicted molar refractivity (Wildman–Crippen MR) is 98.7 cm³/mol. The van der Waals surface area contributed by atoms with E-state index < -0.39 is 6.10 Å². The number of aromatic nitrogens is 1. The van der Waals surface area contributed by atoms with Crippen LogP contribution in [-0.2, 0) is 0 Å².